The van der Waals surface area contributed by atoms with Crippen LogP contribution in [0.5, 0.6) is 0 Å². The fourth-order valence-electron chi connectivity index (χ4n) is 10.8. The lowest BCUT2D eigenvalue weighted by molar-refractivity contribution is -0.208. The standard InChI is InChI=1S/C29H48O2/c1-24(2)20-11-16-28(6)21(26(20,4)15-12-22(24)30)10-9-19-23-25(3,17-18-27(19,28)5)13-8-14-29(23,7)31/h9,20-23,30-31H,8,10-18H2,1-7H3/t20-,21+,22-,23-,25+,26-,27+,28+,29+/m0/s1. The van der Waals surface area contributed by atoms with E-state index in [1.165, 1.54) is 51.4 Å². The van der Waals surface area contributed by atoms with Crippen molar-refractivity contribution < 1.29 is 10.2 Å². The molecule has 0 amide bonds. The summed E-state index contributed by atoms with van der Waals surface area (Å²) in [5.74, 6) is 1.60. The Morgan fingerprint density at radius 3 is 2.23 bits per heavy atom. The van der Waals surface area contributed by atoms with Crippen LogP contribution in [-0.4, -0.2) is 21.9 Å². The molecular weight excluding hydrogens is 380 g/mol. The minimum absolute atomic E-state index is 0.0113. The quantitative estimate of drug-likeness (QED) is 0.412. The van der Waals surface area contributed by atoms with E-state index in [4.69, 9.17) is 0 Å². The van der Waals surface area contributed by atoms with Crippen LogP contribution < -0.4 is 0 Å². The Hall–Kier alpha value is -0.340. The predicted octanol–water partition coefficient (Wildman–Crippen LogP) is 6.89. The molecule has 4 fully saturated rings. The van der Waals surface area contributed by atoms with Gasteiger partial charge in [-0.15, -0.1) is 0 Å². The van der Waals surface area contributed by atoms with Gasteiger partial charge >= 0.3 is 0 Å². The van der Waals surface area contributed by atoms with Crippen LogP contribution in [0.3, 0.4) is 0 Å². The number of hydrogen-bond donors (Lipinski definition) is 2. The van der Waals surface area contributed by atoms with E-state index in [0.29, 0.717) is 23.2 Å². The molecule has 0 radical (unpaired) electrons. The van der Waals surface area contributed by atoms with Crippen molar-refractivity contribution in [2.75, 3.05) is 0 Å². The van der Waals surface area contributed by atoms with Crippen molar-refractivity contribution in [2.24, 2.45) is 44.8 Å². The van der Waals surface area contributed by atoms with Crippen molar-refractivity contribution in [3.8, 4) is 0 Å². The van der Waals surface area contributed by atoms with Crippen molar-refractivity contribution in [2.45, 2.75) is 124 Å². The van der Waals surface area contributed by atoms with Crippen LogP contribution in [0.1, 0.15) is 113 Å². The summed E-state index contributed by atoms with van der Waals surface area (Å²) in [5, 5.41) is 22.5. The number of aliphatic hydroxyl groups excluding tert-OH is 1. The van der Waals surface area contributed by atoms with Crippen molar-refractivity contribution in [3.63, 3.8) is 0 Å². The van der Waals surface area contributed by atoms with E-state index in [9.17, 15) is 10.2 Å². The molecule has 2 nitrogen and oxygen atoms in total. The monoisotopic (exact) mass is 428 g/mol. The summed E-state index contributed by atoms with van der Waals surface area (Å²) >= 11 is 0. The summed E-state index contributed by atoms with van der Waals surface area (Å²) in [6.45, 7) is 17.1. The molecule has 0 bridgehead atoms. The van der Waals surface area contributed by atoms with Crippen LogP contribution in [0.25, 0.3) is 0 Å². The maximum Gasteiger partial charge on any atom is 0.0690 e. The van der Waals surface area contributed by atoms with Gasteiger partial charge in [-0.2, -0.15) is 0 Å². The molecule has 0 aromatic carbocycles. The van der Waals surface area contributed by atoms with E-state index in [0.717, 1.165) is 12.8 Å². The lowest BCUT2D eigenvalue weighted by Crippen LogP contribution is -2.65. The van der Waals surface area contributed by atoms with Crippen LogP contribution >= 0.6 is 0 Å². The molecule has 9 atom stereocenters. The zero-order valence-corrected chi connectivity index (χ0v) is 21.4. The smallest absolute Gasteiger partial charge is 0.0690 e. The van der Waals surface area contributed by atoms with Crippen molar-refractivity contribution in [3.05, 3.63) is 11.6 Å². The molecule has 2 N–H and O–H groups in total. The van der Waals surface area contributed by atoms with Crippen molar-refractivity contribution in [1.82, 2.24) is 0 Å². The van der Waals surface area contributed by atoms with Crippen molar-refractivity contribution >= 4 is 0 Å². The minimum atomic E-state index is -0.568. The third-order valence-electron chi connectivity index (χ3n) is 12.8. The fourth-order valence-corrected chi connectivity index (χ4v) is 10.8. The van der Waals surface area contributed by atoms with Gasteiger partial charge in [-0.05, 0) is 104 Å². The third kappa shape index (κ3) is 2.64. The van der Waals surface area contributed by atoms with Gasteiger partial charge in [-0.1, -0.05) is 59.6 Å². The first kappa shape index (κ1) is 22.5. The Morgan fingerprint density at radius 1 is 0.806 bits per heavy atom. The van der Waals surface area contributed by atoms with Crippen LogP contribution in [0, 0.1) is 44.8 Å². The summed E-state index contributed by atoms with van der Waals surface area (Å²) in [5.41, 5.74) is 2.11. The van der Waals surface area contributed by atoms with Gasteiger partial charge in [0, 0.05) is 5.92 Å². The lowest BCUT2D eigenvalue weighted by atomic mass is 9.33. The van der Waals surface area contributed by atoms with Gasteiger partial charge in [0.25, 0.3) is 0 Å². The Kier molecular flexibility index (Phi) is 4.64. The highest BCUT2D eigenvalue weighted by Gasteiger charge is 2.68. The molecule has 176 valence electrons. The van der Waals surface area contributed by atoms with E-state index in [2.05, 4.69) is 54.5 Å². The summed E-state index contributed by atoms with van der Waals surface area (Å²) in [7, 11) is 0. The first-order valence-corrected chi connectivity index (χ1v) is 13.3. The third-order valence-corrected chi connectivity index (χ3v) is 12.8. The highest BCUT2D eigenvalue weighted by Crippen LogP contribution is 2.75. The highest BCUT2D eigenvalue weighted by molar-refractivity contribution is 5.35. The van der Waals surface area contributed by atoms with E-state index in [1.807, 2.05) is 0 Å². The van der Waals surface area contributed by atoms with Gasteiger partial charge in [0.1, 0.15) is 0 Å². The van der Waals surface area contributed by atoms with Crippen LogP contribution in [0.4, 0.5) is 0 Å². The Labute approximate surface area is 191 Å². The fraction of sp³-hybridized carbons (Fsp3) is 0.931. The minimum Gasteiger partial charge on any atom is -0.393 e. The molecule has 4 saturated carbocycles. The van der Waals surface area contributed by atoms with Gasteiger partial charge in [0.05, 0.1) is 11.7 Å². The summed E-state index contributed by atoms with van der Waals surface area (Å²) in [6.07, 6.45) is 14.2. The number of fused-ring (bicyclic) bond motifs is 7. The topological polar surface area (TPSA) is 40.5 Å². The van der Waals surface area contributed by atoms with Gasteiger partial charge in [0.2, 0.25) is 0 Å². The molecule has 0 aromatic heterocycles. The van der Waals surface area contributed by atoms with Gasteiger partial charge in [-0.25, -0.2) is 0 Å². The number of allylic oxidation sites excluding steroid dienone is 1. The Balaban J connectivity index is 1.61. The zero-order chi connectivity index (χ0) is 22.7. The molecule has 0 aliphatic heterocycles. The number of rotatable bonds is 0. The molecule has 0 aromatic rings. The van der Waals surface area contributed by atoms with E-state index in [1.54, 1.807) is 5.57 Å². The van der Waals surface area contributed by atoms with Gasteiger partial charge < -0.3 is 10.2 Å². The van der Waals surface area contributed by atoms with Crippen LogP contribution in [0.2, 0.25) is 0 Å². The van der Waals surface area contributed by atoms with E-state index < -0.39 is 5.60 Å². The van der Waals surface area contributed by atoms with Gasteiger partial charge in [-0.3, -0.25) is 0 Å². The molecular formula is C29H48O2. The van der Waals surface area contributed by atoms with Crippen LogP contribution in [0.15, 0.2) is 11.6 Å². The number of hydrogen-bond acceptors (Lipinski definition) is 2. The maximum absolute atomic E-state index is 11.6. The van der Waals surface area contributed by atoms with Crippen molar-refractivity contribution in [1.29, 1.82) is 0 Å². The largest absolute Gasteiger partial charge is 0.393 e. The lowest BCUT2D eigenvalue weighted by Gasteiger charge is -2.71. The molecule has 0 spiro atoms. The maximum atomic E-state index is 11.6. The Morgan fingerprint density at radius 2 is 1.52 bits per heavy atom. The normalized spacial score (nSPS) is 58.3. The second kappa shape index (κ2) is 6.41. The molecule has 5 rings (SSSR count). The zero-order valence-electron chi connectivity index (χ0n) is 21.4. The van der Waals surface area contributed by atoms with Crippen LogP contribution in [-0.2, 0) is 0 Å². The highest BCUT2D eigenvalue weighted by atomic mass is 16.3. The first-order valence-electron chi connectivity index (χ1n) is 13.3. The molecule has 31 heavy (non-hydrogen) atoms. The second-order valence-electron chi connectivity index (χ2n) is 14.5. The number of aliphatic hydroxyl groups is 2. The molecule has 5 aliphatic carbocycles. The van der Waals surface area contributed by atoms with E-state index >= 15 is 0 Å². The second-order valence-corrected chi connectivity index (χ2v) is 14.5. The Bertz CT molecular complexity index is 795. The SMILES string of the molecule is CC1(C)[C@@H](O)CC[C@]2(C)[C@H]3CC=C4[C@H]5[C@](C)(CCC[C@@]5(C)O)CC[C@@]4(C)[C@]3(C)CC[C@@H]12. The molecule has 2 heteroatoms. The first-order chi connectivity index (χ1) is 14.2. The molecule has 0 heterocycles. The molecule has 0 unspecified atom stereocenters. The summed E-state index contributed by atoms with van der Waals surface area (Å²) in [4.78, 5) is 0. The van der Waals surface area contributed by atoms with Gasteiger partial charge in [0.15, 0.2) is 0 Å². The van der Waals surface area contributed by atoms with E-state index in [-0.39, 0.29) is 27.8 Å². The average molecular weight is 429 g/mol. The predicted molar refractivity (Wildman–Crippen MR) is 128 cm³/mol. The average Bonchev–Trinajstić information content (AvgIpc) is 2.65. The summed E-state index contributed by atoms with van der Waals surface area (Å²) in [6, 6.07) is 0. The molecule has 0 saturated heterocycles. The summed E-state index contributed by atoms with van der Waals surface area (Å²) < 4.78 is 0. The molecule has 5 aliphatic rings.